The standard InChI is InChI=1S/C19H26F3NO3/c1-6-7-14-8-9-15(16(10-14)25-5)26-11-17(24)23(12-18(2,3)4)13-19(20,21)22/h6-10H,11-13H2,1-5H3/b7-6+. The molecule has 0 N–H and O–H groups in total. The third kappa shape index (κ3) is 7.80. The number of rotatable bonds is 7. The molecule has 0 spiro atoms. The molecule has 146 valence electrons. The number of halogens is 3. The molecule has 0 aromatic heterocycles. The van der Waals surface area contributed by atoms with E-state index in [2.05, 4.69) is 0 Å². The second-order valence-electron chi connectivity index (χ2n) is 7.12. The van der Waals surface area contributed by atoms with Gasteiger partial charge in [0.25, 0.3) is 5.91 Å². The van der Waals surface area contributed by atoms with Crippen LogP contribution in [0.3, 0.4) is 0 Å². The molecule has 1 aromatic rings. The molecule has 0 aliphatic carbocycles. The van der Waals surface area contributed by atoms with Crippen LogP contribution in [0.15, 0.2) is 24.3 Å². The van der Waals surface area contributed by atoms with Crippen molar-refractivity contribution in [1.29, 1.82) is 0 Å². The summed E-state index contributed by atoms with van der Waals surface area (Å²) < 4.78 is 49.0. The summed E-state index contributed by atoms with van der Waals surface area (Å²) in [6.07, 6.45) is -0.737. The van der Waals surface area contributed by atoms with Crippen LogP contribution in [0.1, 0.15) is 33.3 Å². The predicted octanol–water partition coefficient (Wildman–Crippen LogP) is 4.54. The molecule has 1 aromatic carbocycles. The Balaban J connectivity index is 2.86. The summed E-state index contributed by atoms with van der Waals surface area (Å²) in [7, 11) is 1.46. The molecule has 26 heavy (non-hydrogen) atoms. The quantitative estimate of drug-likeness (QED) is 0.704. The molecule has 0 atom stereocenters. The minimum absolute atomic E-state index is 0.0218. The van der Waals surface area contributed by atoms with Crippen molar-refractivity contribution in [2.45, 2.75) is 33.9 Å². The van der Waals surface area contributed by atoms with Gasteiger partial charge in [-0.2, -0.15) is 13.2 Å². The molecule has 0 aliphatic rings. The fourth-order valence-corrected chi connectivity index (χ4v) is 2.35. The summed E-state index contributed by atoms with van der Waals surface area (Å²) >= 11 is 0. The Morgan fingerprint density at radius 3 is 2.31 bits per heavy atom. The van der Waals surface area contributed by atoms with Gasteiger partial charge in [-0.25, -0.2) is 0 Å². The highest BCUT2D eigenvalue weighted by Crippen LogP contribution is 2.29. The minimum Gasteiger partial charge on any atom is -0.493 e. The van der Waals surface area contributed by atoms with Crippen molar-refractivity contribution in [3.63, 3.8) is 0 Å². The van der Waals surface area contributed by atoms with Gasteiger partial charge in [0.2, 0.25) is 0 Å². The van der Waals surface area contributed by atoms with Crippen LogP contribution in [0.25, 0.3) is 6.08 Å². The lowest BCUT2D eigenvalue weighted by Crippen LogP contribution is -2.45. The van der Waals surface area contributed by atoms with Crippen LogP contribution in [0, 0.1) is 5.41 Å². The topological polar surface area (TPSA) is 38.8 Å². The molecule has 0 heterocycles. The van der Waals surface area contributed by atoms with Crippen molar-refractivity contribution in [2.75, 3.05) is 26.8 Å². The smallest absolute Gasteiger partial charge is 0.406 e. The van der Waals surface area contributed by atoms with Crippen LogP contribution < -0.4 is 9.47 Å². The molecule has 7 heteroatoms. The van der Waals surface area contributed by atoms with E-state index < -0.39 is 30.7 Å². The van der Waals surface area contributed by atoms with E-state index in [0.717, 1.165) is 10.5 Å². The van der Waals surface area contributed by atoms with E-state index in [1.807, 2.05) is 19.1 Å². The van der Waals surface area contributed by atoms with Gasteiger partial charge in [-0.05, 0) is 30.0 Å². The normalized spacial score (nSPS) is 12.3. The number of benzene rings is 1. The molecule has 0 aliphatic heterocycles. The van der Waals surface area contributed by atoms with Gasteiger partial charge in [-0.1, -0.05) is 39.0 Å². The maximum Gasteiger partial charge on any atom is 0.406 e. The first-order chi connectivity index (χ1) is 11.9. The molecular formula is C19H26F3NO3. The Morgan fingerprint density at radius 2 is 1.81 bits per heavy atom. The molecule has 0 radical (unpaired) electrons. The molecule has 0 saturated carbocycles. The molecule has 0 bridgehead atoms. The molecule has 0 unspecified atom stereocenters. The van der Waals surface area contributed by atoms with Gasteiger partial charge in [0.1, 0.15) is 6.54 Å². The fraction of sp³-hybridized carbons (Fsp3) is 0.526. The summed E-state index contributed by atoms with van der Waals surface area (Å²) in [4.78, 5) is 13.1. The Hall–Kier alpha value is -2.18. The van der Waals surface area contributed by atoms with E-state index in [1.165, 1.54) is 7.11 Å². The minimum atomic E-state index is -4.47. The number of nitrogens with zero attached hydrogens (tertiary/aromatic N) is 1. The largest absolute Gasteiger partial charge is 0.493 e. The van der Waals surface area contributed by atoms with Gasteiger partial charge >= 0.3 is 6.18 Å². The Labute approximate surface area is 152 Å². The Kier molecular flexibility index (Phi) is 7.54. The van der Waals surface area contributed by atoms with Crippen LogP contribution in [0.5, 0.6) is 11.5 Å². The zero-order valence-corrected chi connectivity index (χ0v) is 15.8. The summed E-state index contributed by atoms with van der Waals surface area (Å²) in [6, 6.07) is 5.12. The van der Waals surface area contributed by atoms with Gasteiger partial charge < -0.3 is 14.4 Å². The lowest BCUT2D eigenvalue weighted by atomic mass is 9.96. The molecule has 4 nitrogen and oxygen atoms in total. The van der Waals surface area contributed by atoms with E-state index in [4.69, 9.17) is 9.47 Å². The third-order valence-corrected chi connectivity index (χ3v) is 3.29. The Bertz CT molecular complexity index is 618. The summed E-state index contributed by atoms with van der Waals surface area (Å²) in [5.41, 5.74) is 0.418. The average molecular weight is 373 g/mol. The van der Waals surface area contributed by atoms with Crippen LogP contribution in [-0.4, -0.2) is 43.8 Å². The van der Waals surface area contributed by atoms with Crippen molar-refractivity contribution in [2.24, 2.45) is 5.41 Å². The number of carbonyl (C=O) groups is 1. The van der Waals surface area contributed by atoms with Crippen LogP contribution in [0.4, 0.5) is 13.2 Å². The molecule has 1 rings (SSSR count). The van der Waals surface area contributed by atoms with Gasteiger partial charge in [-0.15, -0.1) is 0 Å². The molecule has 0 saturated heterocycles. The van der Waals surface area contributed by atoms with E-state index in [1.54, 1.807) is 39.0 Å². The van der Waals surface area contributed by atoms with Gasteiger partial charge in [-0.3, -0.25) is 4.79 Å². The highest BCUT2D eigenvalue weighted by molar-refractivity contribution is 5.78. The summed E-state index contributed by atoms with van der Waals surface area (Å²) in [5, 5.41) is 0. The Morgan fingerprint density at radius 1 is 1.15 bits per heavy atom. The summed E-state index contributed by atoms with van der Waals surface area (Å²) in [6.45, 7) is 5.37. The second-order valence-corrected chi connectivity index (χ2v) is 7.12. The SMILES string of the molecule is C/C=C/c1ccc(OCC(=O)N(CC(C)(C)C)CC(F)(F)F)c(OC)c1. The number of hydrogen-bond donors (Lipinski definition) is 0. The third-order valence-electron chi connectivity index (χ3n) is 3.29. The zero-order chi connectivity index (χ0) is 20.0. The van der Waals surface area contributed by atoms with Gasteiger partial charge in [0.05, 0.1) is 7.11 Å². The second kappa shape index (κ2) is 8.96. The highest BCUT2D eigenvalue weighted by atomic mass is 19.4. The maximum atomic E-state index is 12.8. The number of hydrogen-bond acceptors (Lipinski definition) is 3. The van der Waals surface area contributed by atoms with Crippen molar-refractivity contribution < 1.29 is 27.4 Å². The van der Waals surface area contributed by atoms with Crippen molar-refractivity contribution >= 4 is 12.0 Å². The van der Waals surface area contributed by atoms with Gasteiger partial charge in [0.15, 0.2) is 18.1 Å². The number of methoxy groups -OCH3 is 1. The number of alkyl halides is 3. The molecular weight excluding hydrogens is 347 g/mol. The number of ether oxygens (including phenoxy) is 2. The number of carbonyl (C=O) groups excluding carboxylic acids is 1. The first-order valence-electron chi connectivity index (χ1n) is 8.23. The van der Waals surface area contributed by atoms with Crippen molar-refractivity contribution in [3.8, 4) is 11.5 Å². The average Bonchev–Trinajstić information content (AvgIpc) is 2.50. The molecule has 0 fully saturated rings. The highest BCUT2D eigenvalue weighted by Gasteiger charge is 2.34. The first kappa shape index (κ1) is 21.9. The summed E-state index contributed by atoms with van der Waals surface area (Å²) in [5.74, 6) is -0.0137. The van der Waals surface area contributed by atoms with Crippen molar-refractivity contribution in [3.05, 3.63) is 29.8 Å². The maximum absolute atomic E-state index is 12.8. The lowest BCUT2D eigenvalue weighted by molar-refractivity contribution is -0.164. The van der Waals surface area contributed by atoms with Gasteiger partial charge in [0, 0.05) is 6.54 Å². The van der Waals surface area contributed by atoms with Crippen LogP contribution in [0.2, 0.25) is 0 Å². The fourth-order valence-electron chi connectivity index (χ4n) is 2.35. The van der Waals surface area contributed by atoms with E-state index in [-0.39, 0.29) is 6.54 Å². The van der Waals surface area contributed by atoms with Crippen molar-refractivity contribution in [1.82, 2.24) is 4.90 Å². The number of amides is 1. The predicted molar refractivity (Wildman–Crippen MR) is 95.3 cm³/mol. The van der Waals surface area contributed by atoms with E-state index >= 15 is 0 Å². The monoisotopic (exact) mass is 373 g/mol. The van der Waals surface area contributed by atoms with Crippen LogP contribution >= 0.6 is 0 Å². The number of allylic oxidation sites excluding steroid dienone is 1. The molecule has 1 amide bonds. The van der Waals surface area contributed by atoms with E-state index in [9.17, 15) is 18.0 Å². The van der Waals surface area contributed by atoms with Crippen LogP contribution in [-0.2, 0) is 4.79 Å². The van der Waals surface area contributed by atoms with E-state index in [0.29, 0.717) is 11.5 Å². The zero-order valence-electron chi connectivity index (χ0n) is 15.8. The first-order valence-corrected chi connectivity index (χ1v) is 8.23. The lowest BCUT2D eigenvalue weighted by Gasteiger charge is -2.30.